The summed E-state index contributed by atoms with van der Waals surface area (Å²) < 4.78 is 6.03. The summed E-state index contributed by atoms with van der Waals surface area (Å²) in [6.07, 6.45) is 4.23. The first-order valence-electron chi connectivity index (χ1n) is 13.3. The first-order valence-corrected chi connectivity index (χ1v) is 13.3. The smallest absolute Gasteiger partial charge is 0.410 e. The first kappa shape index (κ1) is 23.0. The van der Waals surface area contributed by atoms with Crippen molar-refractivity contribution in [2.75, 3.05) is 6.61 Å². The number of carbonyl (C=O) groups is 2. The van der Waals surface area contributed by atoms with Gasteiger partial charge < -0.3 is 9.64 Å². The summed E-state index contributed by atoms with van der Waals surface area (Å²) >= 11 is 0. The van der Waals surface area contributed by atoms with E-state index < -0.39 is 0 Å². The van der Waals surface area contributed by atoms with Crippen LogP contribution in [0.3, 0.4) is 0 Å². The molecule has 2 heterocycles. The third-order valence-corrected chi connectivity index (χ3v) is 8.68. The van der Waals surface area contributed by atoms with E-state index in [1.165, 1.54) is 27.8 Å². The first-order chi connectivity index (χ1) is 17.5. The van der Waals surface area contributed by atoms with Gasteiger partial charge in [0.2, 0.25) is 0 Å². The average Bonchev–Trinajstić information content (AvgIpc) is 3.21. The topological polar surface area (TPSA) is 46.6 Å². The van der Waals surface area contributed by atoms with Crippen LogP contribution in [0.2, 0.25) is 0 Å². The lowest BCUT2D eigenvalue weighted by molar-refractivity contribution is 0.00651. The van der Waals surface area contributed by atoms with Crippen molar-refractivity contribution in [3.8, 4) is 11.1 Å². The molecule has 0 saturated carbocycles. The average molecular weight is 480 g/mol. The number of Topliss-reactive ketones (excluding diaryl/α,β-unsaturated/α-hetero) is 1. The number of fused-ring (bicyclic) bond motifs is 5. The fraction of sp³-hybridized carbons (Fsp3) is 0.375. The van der Waals surface area contributed by atoms with Gasteiger partial charge in [0.15, 0.2) is 5.78 Å². The Morgan fingerprint density at radius 2 is 1.44 bits per heavy atom. The second-order valence-electron chi connectivity index (χ2n) is 10.8. The molecule has 2 atom stereocenters. The van der Waals surface area contributed by atoms with Crippen molar-refractivity contribution >= 4 is 11.9 Å². The van der Waals surface area contributed by atoms with Crippen molar-refractivity contribution < 1.29 is 14.3 Å². The highest BCUT2D eigenvalue weighted by Crippen LogP contribution is 2.45. The molecule has 2 fully saturated rings. The number of piperidine rings is 2. The van der Waals surface area contributed by atoms with Crippen molar-refractivity contribution in [2.45, 2.75) is 64.0 Å². The molecule has 1 aliphatic carbocycles. The molecule has 4 nitrogen and oxygen atoms in total. The SMILES string of the molecule is Cc1ccc(C(=O)C2CC3CCCC(C2)N3C(=O)OCC2c3ccccc3-c3ccccc32)cc1C. The van der Waals surface area contributed by atoms with Gasteiger partial charge in [-0.25, -0.2) is 4.79 Å². The molecule has 0 spiro atoms. The summed E-state index contributed by atoms with van der Waals surface area (Å²) in [5, 5.41) is 0. The lowest BCUT2D eigenvalue weighted by atomic mass is 9.75. The number of ether oxygens (including phenoxy) is 1. The number of nitrogens with zero attached hydrogens (tertiary/aromatic N) is 1. The predicted octanol–water partition coefficient (Wildman–Crippen LogP) is 7.07. The van der Waals surface area contributed by atoms with Crippen LogP contribution in [0.5, 0.6) is 0 Å². The number of benzene rings is 3. The minimum Gasteiger partial charge on any atom is -0.448 e. The Morgan fingerprint density at radius 3 is 2.06 bits per heavy atom. The third kappa shape index (κ3) is 3.93. The van der Waals surface area contributed by atoms with E-state index >= 15 is 0 Å². The van der Waals surface area contributed by atoms with Gasteiger partial charge >= 0.3 is 6.09 Å². The number of hydrogen-bond acceptors (Lipinski definition) is 3. The summed E-state index contributed by atoms with van der Waals surface area (Å²) in [5.41, 5.74) is 8.07. The van der Waals surface area contributed by atoms with Crippen LogP contribution < -0.4 is 0 Å². The van der Waals surface area contributed by atoms with Gasteiger partial charge in [-0.1, -0.05) is 60.7 Å². The van der Waals surface area contributed by atoms with Gasteiger partial charge in [-0.2, -0.15) is 0 Å². The number of carbonyl (C=O) groups excluding carboxylic acids is 2. The number of ketones is 1. The van der Waals surface area contributed by atoms with E-state index in [4.69, 9.17) is 4.74 Å². The summed E-state index contributed by atoms with van der Waals surface area (Å²) in [7, 11) is 0. The highest BCUT2D eigenvalue weighted by molar-refractivity contribution is 5.98. The van der Waals surface area contributed by atoms with Crippen LogP contribution in [-0.2, 0) is 4.74 Å². The van der Waals surface area contributed by atoms with E-state index in [1.807, 2.05) is 23.1 Å². The maximum Gasteiger partial charge on any atom is 0.410 e. The van der Waals surface area contributed by atoms with E-state index in [1.54, 1.807) is 0 Å². The molecule has 2 aliphatic heterocycles. The molecule has 3 aromatic rings. The maximum atomic E-state index is 13.4. The molecule has 4 heteroatoms. The summed E-state index contributed by atoms with van der Waals surface area (Å²) in [6.45, 7) is 4.47. The highest BCUT2D eigenvalue weighted by atomic mass is 16.6. The quantitative estimate of drug-likeness (QED) is 0.376. The van der Waals surface area contributed by atoms with Crippen molar-refractivity contribution in [1.29, 1.82) is 0 Å². The van der Waals surface area contributed by atoms with Gasteiger partial charge in [-0.15, -0.1) is 0 Å². The molecule has 2 bridgehead atoms. The van der Waals surface area contributed by atoms with Crippen LogP contribution in [-0.4, -0.2) is 35.5 Å². The zero-order valence-electron chi connectivity index (χ0n) is 21.1. The fourth-order valence-electron chi connectivity index (χ4n) is 6.69. The molecule has 1 amide bonds. The predicted molar refractivity (Wildman–Crippen MR) is 141 cm³/mol. The van der Waals surface area contributed by atoms with Gasteiger partial charge in [0.1, 0.15) is 6.61 Å². The third-order valence-electron chi connectivity index (χ3n) is 8.68. The van der Waals surface area contributed by atoms with E-state index in [-0.39, 0.29) is 35.8 Å². The van der Waals surface area contributed by atoms with Crippen LogP contribution >= 0.6 is 0 Å². The molecule has 36 heavy (non-hydrogen) atoms. The van der Waals surface area contributed by atoms with Crippen LogP contribution in [0, 0.1) is 19.8 Å². The van der Waals surface area contributed by atoms with Gasteiger partial charge in [0.25, 0.3) is 0 Å². The Morgan fingerprint density at radius 1 is 0.833 bits per heavy atom. The van der Waals surface area contributed by atoms with E-state index in [0.29, 0.717) is 6.61 Å². The number of hydrogen-bond donors (Lipinski definition) is 0. The van der Waals surface area contributed by atoms with Gasteiger partial charge in [-0.05, 0) is 85.4 Å². The number of aryl methyl sites for hydroxylation is 2. The number of rotatable bonds is 4. The molecule has 0 radical (unpaired) electrons. The molecule has 3 aromatic carbocycles. The van der Waals surface area contributed by atoms with Crippen molar-refractivity contribution in [2.24, 2.45) is 5.92 Å². The molecule has 2 unspecified atom stereocenters. The van der Waals surface area contributed by atoms with Crippen LogP contribution in [0.25, 0.3) is 11.1 Å². The van der Waals surface area contributed by atoms with Crippen molar-refractivity contribution in [1.82, 2.24) is 4.90 Å². The fourth-order valence-corrected chi connectivity index (χ4v) is 6.69. The monoisotopic (exact) mass is 479 g/mol. The lowest BCUT2D eigenvalue weighted by Gasteiger charge is -2.47. The highest BCUT2D eigenvalue weighted by Gasteiger charge is 2.44. The standard InChI is InChI=1S/C32H33NO3/c1-20-14-15-22(16-21(20)2)31(34)23-17-24-8-7-9-25(18-23)33(24)32(35)36-19-30-28-12-5-3-10-26(28)27-11-4-6-13-29(27)30/h3-6,10-16,23-25,30H,7-9,17-19H2,1-2H3. The van der Waals surface area contributed by atoms with Crippen LogP contribution in [0.1, 0.15) is 70.6 Å². The molecule has 6 rings (SSSR count). The Labute approximate surface area is 213 Å². The summed E-state index contributed by atoms with van der Waals surface area (Å²) in [6, 6.07) is 23.0. The molecule has 184 valence electrons. The minimum absolute atomic E-state index is 0.0277. The van der Waals surface area contributed by atoms with Gasteiger partial charge in [0.05, 0.1) is 0 Å². The Kier molecular flexibility index (Phi) is 5.91. The normalized spacial score (nSPS) is 22.6. The Balaban J connectivity index is 1.16. The van der Waals surface area contributed by atoms with Crippen LogP contribution in [0.4, 0.5) is 4.79 Å². The van der Waals surface area contributed by atoms with E-state index in [2.05, 4.69) is 62.4 Å². The Bertz CT molecular complexity index is 1270. The van der Waals surface area contributed by atoms with Gasteiger partial charge in [0, 0.05) is 29.5 Å². The van der Waals surface area contributed by atoms with Crippen molar-refractivity contribution in [3.63, 3.8) is 0 Å². The zero-order chi connectivity index (χ0) is 24.8. The molecule has 0 N–H and O–H groups in total. The summed E-state index contributed by atoms with van der Waals surface area (Å²) in [5.74, 6) is 0.257. The summed E-state index contributed by atoms with van der Waals surface area (Å²) in [4.78, 5) is 28.8. The van der Waals surface area contributed by atoms with Gasteiger partial charge in [-0.3, -0.25) is 4.79 Å². The van der Waals surface area contributed by atoms with Crippen molar-refractivity contribution in [3.05, 3.63) is 94.5 Å². The zero-order valence-corrected chi connectivity index (χ0v) is 21.1. The van der Waals surface area contributed by atoms with E-state index in [9.17, 15) is 9.59 Å². The maximum absolute atomic E-state index is 13.4. The molecule has 3 aliphatic rings. The van der Waals surface area contributed by atoms with E-state index in [0.717, 1.165) is 43.2 Å². The minimum atomic E-state index is -0.219. The molecule has 2 saturated heterocycles. The second kappa shape index (κ2) is 9.24. The molecular weight excluding hydrogens is 446 g/mol. The largest absolute Gasteiger partial charge is 0.448 e. The Hall–Kier alpha value is -3.40. The second-order valence-corrected chi connectivity index (χ2v) is 10.8. The lowest BCUT2D eigenvalue weighted by Crippen LogP contribution is -2.55. The number of amides is 1. The molecular formula is C32H33NO3. The van der Waals surface area contributed by atoms with Crippen LogP contribution in [0.15, 0.2) is 66.7 Å². The molecule has 0 aromatic heterocycles.